The number of fused-ring (bicyclic) bond motifs is 1. The highest BCUT2D eigenvalue weighted by atomic mass is 16.5. The molecule has 0 spiro atoms. The average molecular weight is 361 g/mol. The quantitative estimate of drug-likeness (QED) is 0.860. The number of ether oxygens (including phenoxy) is 1. The molecule has 1 aromatic heterocycles. The zero-order chi connectivity index (χ0) is 18.9. The fraction of sp³-hybridized carbons (Fsp3) is 0.632. The number of rotatable bonds is 4. The number of likely N-dealkylation sites (tertiary alicyclic amines) is 1. The van der Waals surface area contributed by atoms with Gasteiger partial charge in [0.2, 0.25) is 5.88 Å². The number of nitrogens with one attached hydrogen (secondary N) is 1. The summed E-state index contributed by atoms with van der Waals surface area (Å²) in [5, 5.41) is 12.5. The minimum Gasteiger partial charge on any atom is -0.481 e. The van der Waals surface area contributed by atoms with Crippen LogP contribution >= 0.6 is 0 Å². The summed E-state index contributed by atoms with van der Waals surface area (Å²) in [6.45, 7) is 7.04. The zero-order valence-electron chi connectivity index (χ0n) is 15.6. The molecule has 2 fully saturated rings. The number of hydrogen-bond donors (Lipinski definition) is 2. The van der Waals surface area contributed by atoms with Gasteiger partial charge in [-0.3, -0.25) is 4.79 Å². The van der Waals surface area contributed by atoms with Gasteiger partial charge in [0.25, 0.3) is 0 Å². The summed E-state index contributed by atoms with van der Waals surface area (Å²) < 4.78 is 5.68. The van der Waals surface area contributed by atoms with Crippen molar-refractivity contribution in [2.24, 2.45) is 11.3 Å². The second-order valence-electron chi connectivity index (χ2n) is 8.31. The summed E-state index contributed by atoms with van der Waals surface area (Å²) in [5.41, 5.74) is -0.187. The van der Waals surface area contributed by atoms with Gasteiger partial charge in [-0.05, 0) is 45.1 Å². The van der Waals surface area contributed by atoms with Crippen molar-refractivity contribution in [1.29, 1.82) is 0 Å². The molecule has 1 saturated heterocycles. The van der Waals surface area contributed by atoms with Gasteiger partial charge in [-0.1, -0.05) is 12.5 Å². The molecule has 0 radical (unpaired) electrons. The van der Waals surface area contributed by atoms with Gasteiger partial charge in [0, 0.05) is 31.9 Å². The molecule has 1 saturated carbocycles. The number of carbonyl (C=O) groups excluding carboxylic acids is 1. The van der Waals surface area contributed by atoms with Crippen LogP contribution in [-0.4, -0.2) is 45.7 Å². The van der Waals surface area contributed by atoms with Crippen LogP contribution in [-0.2, 0) is 11.3 Å². The first-order valence-corrected chi connectivity index (χ1v) is 9.10. The second kappa shape index (κ2) is 6.78. The molecule has 2 N–H and O–H groups in total. The van der Waals surface area contributed by atoms with E-state index in [0.717, 1.165) is 18.4 Å². The van der Waals surface area contributed by atoms with Crippen LogP contribution in [0.2, 0.25) is 0 Å². The van der Waals surface area contributed by atoms with Gasteiger partial charge in [0.1, 0.15) is 5.60 Å². The minimum atomic E-state index is -0.770. The number of urea groups is 1. The Morgan fingerprint density at radius 3 is 2.77 bits per heavy atom. The summed E-state index contributed by atoms with van der Waals surface area (Å²) in [6, 6.07) is 3.44. The van der Waals surface area contributed by atoms with Crippen molar-refractivity contribution in [2.75, 3.05) is 13.1 Å². The van der Waals surface area contributed by atoms with E-state index in [1.54, 1.807) is 17.2 Å². The van der Waals surface area contributed by atoms with E-state index in [-0.39, 0.29) is 17.6 Å². The molecule has 1 aromatic rings. The molecule has 7 heteroatoms. The van der Waals surface area contributed by atoms with Crippen LogP contribution in [0.3, 0.4) is 0 Å². The maximum absolute atomic E-state index is 12.4. The lowest BCUT2D eigenvalue weighted by molar-refractivity contribution is -0.149. The van der Waals surface area contributed by atoms with Crippen LogP contribution < -0.4 is 10.1 Å². The molecule has 26 heavy (non-hydrogen) atoms. The van der Waals surface area contributed by atoms with E-state index >= 15 is 0 Å². The number of nitrogens with zero attached hydrogens (tertiary/aromatic N) is 2. The summed E-state index contributed by atoms with van der Waals surface area (Å²) >= 11 is 0. The zero-order valence-corrected chi connectivity index (χ0v) is 15.6. The fourth-order valence-electron chi connectivity index (χ4n) is 3.97. The van der Waals surface area contributed by atoms with Crippen molar-refractivity contribution < 1.29 is 19.4 Å². The number of carbonyl (C=O) groups is 2. The molecule has 1 aliphatic carbocycles. The van der Waals surface area contributed by atoms with Gasteiger partial charge >= 0.3 is 12.0 Å². The van der Waals surface area contributed by atoms with Crippen LogP contribution in [0.25, 0.3) is 0 Å². The van der Waals surface area contributed by atoms with Gasteiger partial charge in [0.15, 0.2) is 0 Å². The van der Waals surface area contributed by atoms with Crippen molar-refractivity contribution in [1.82, 2.24) is 15.2 Å². The molecule has 7 nitrogen and oxygen atoms in total. The largest absolute Gasteiger partial charge is 0.481 e. The summed E-state index contributed by atoms with van der Waals surface area (Å²) in [7, 11) is 0. The Bertz CT molecular complexity index is 683. The lowest BCUT2D eigenvalue weighted by Gasteiger charge is -2.23. The van der Waals surface area contributed by atoms with Gasteiger partial charge in [-0.15, -0.1) is 0 Å². The number of amides is 2. The molecule has 3 rings (SSSR count). The molecule has 142 valence electrons. The highest BCUT2D eigenvalue weighted by molar-refractivity contribution is 5.80. The number of carboxylic acids is 1. The lowest BCUT2D eigenvalue weighted by Crippen LogP contribution is -2.41. The van der Waals surface area contributed by atoms with E-state index in [9.17, 15) is 14.7 Å². The topological polar surface area (TPSA) is 91.8 Å². The average Bonchev–Trinajstić information content (AvgIpc) is 3.10. The predicted octanol–water partition coefficient (Wildman–Crippen LogP) is 2.66. The van der Waals surface area contributed by atoms with E-state index in [1.165, 1.54) is 0 Å². The molecule has 2 heterocycles. The third kappa shape index (κ3) is 3.76. The standard InChI is InChI=1S/C19H27N3O4/c1-18(2,3)26-15-7-6-13(9-20-15)10-21-17(25)22-11-14-5-4-8-19(14,12-22)16(23)24/h6-7,9,14H,4-5,8,10-12H2,1-3H3,(H,21,25)(H,23,24)/t14-,19+/m0/s1. The summed E-state index contributed by atoms with van der Waals surface area (Å²) in [4.78, 5) is 30.0. The monoisotopic (exact) mass is 361 g/mol. The normalized spacial score (nSPS) is 25.0. The predicted molar refractivity (Wildman–Crippen MR) is 95.8 cm³/mol. The first kappa shape index (κ1) is 18.5. The third-order valence-electron chi connectivity index (χ3n) is 5.24. The minimum absolute atomic E-state index is 0.0706. The van der Waals surface area contributed by atoms with E-state index in [2.05, 4.69) is 10.3 Å². The number of pyridine rings is 1. The van der Waals surface area contributed by atoms with Crippen molar-refractivity contribution in [3.8, 4) is 5.88 Å². The van der Waals surface area contributed by atoms with Crippen LogP contribution in [0.15, 0.2) is 18.3 Å². The number of hydrogen-bond acceptors (Lipinski definition) is 4. The third-order valence-corrected chi connectivity index (χ3v) is 5.24. The van der Waals surface area contributed by atoms with Crippen molar-refractivity contribution in [2.45, 2.75) is 52.2 Å². The molecule has 0 aromatic carbocycles. The number of carboxylic acid groups (broad SMARTS) is 1. The van der Waals surface area contributed by atoms with Crippen LogP contribution in [0.1, 0.15) is 45.6 Å². The Kier molecular flexibility index (Phi) is 4.82. The second-order valence-corrected chi connectivity index (χ2v) is 8.31. The number of aromatic nitrogens is 1. The Morgan fingerprint density at radius 2 is 2.19 bits per heavy atom. The highest BCUT2D eigenvalue weighted by Gasteiger charge is 2.55. The Hall–Kier alpha value is -2.31. The van der Waals surface area contributed by atoms with Gasteiger partial charge in [-0.25, -0.2) is 9.78 Å². The fourth-order valence-corrected chi connectivity index (χ4v) is 3.97. The Morgan fingerprint density at radius 1 is 1.42 bits per heavy atom. The molecular weight excluding hydrogens is 334 g/mol. The Labute approximate surface area is 153 Å². The van der Waals surface area contributed by atoms with Gasteiger partial charge < -0.3 is 20.1 Å². The van der Waals surface area contributed by atoms with Crippen molar-refractivity contribution in [3.05, 3.63) is 23.9 Å². The summed E-state index contributed by atoms with van der Waals surface area (Å²) in [5.74, 6) is -0.154. The maximum Gasteiger partial charge on any atom is 0.317 e. The van der Waals surface area contributed by atoms with Gasteiger partial charge in [0.05, 0.1) is 5.41 Å². The van der Waals surface area contributed by atoms with E-state index < -0.39 is 11.4 Å². The molecule has 0 unspecified atom stereocenters. The summed E-state index contributed by atoms with van der Waals surface area (Å²) in [6.07, 6.45) is 4.16. The number of aliphatic carboxylic acids is 1. The molecule has 2 atom stereocenters. The molecule has 0 bridgehead atoms. The maximum atomic E-state index is 12.4. The molecule has 2 aliphatic rings. The van der Waals surface area contributed by atoms with E-state index in [1.807, 2.05) is 26.8 Å². The first-order chi connectivity index (χ1) is 12.2. The van der Waals surface area contributed by atoms with Gasteiger partial charge in [-0.2, -0.15) is 0 Å². The molecular formula is C19H27N3O4. The van der Waals surface area contributed by atoms with E-state index in [4.69, 9.17) is 4.74 Å². The SMILES string of the molecule is CC(C)(C)Oc1ccc(CNC(=O)N2C[C@@H]3CCC[C@@]3(C(=O)O)C2)cn1. The van der Waals surface area contributed by atoms with E-state index in [0.29, 0.717) is 31.9 Å². The lowest BCUT2D eigenvalue weighted by atomic mass is 9.81. The van der Waals surface area contributed by atoms with Crippen LogP contribution in [0.5, 0.6) is 5.88 Å². The molecule has 1 aliphatic heterocycles. The van der Waals surface area contributed by atoms with Crippen molar-refractivity contribution >= 4 is 12.0 Å². The smallest absolute Gasteiger partial charge is 0.317 e. The highest BCUT2D eigenvalue weighted by Crippen LogP contribution is 2.48. The Balaban J connectivity index is 1.54. The van der Waals surface area contributed by atoms with Crippen molar-refractivity contribution in [3.63, 3.8) is 0 Å². The first-order valence-electron chi connectivity index (χ1n) is 9.10. The van der Waals surface area contributed by atoms with Crippen LogP contribution in [0, 0.1) is 11.3 Å². The molecule has 2 amide bonds. The van der Waals surface area contributed by atoms with Crippen LogP contribution in [0.4, 0.5) is 4.79 Å².